The summed E-state index contributed by atoms with van der Waals surface area (Å²) in [6, 6.07) is 25.2. The van der Waals surface area contributed by atoms with Gasteiger partial charge in [0.25, 0.3) is 0 Å². The van der Waals surface area contributed by atoms with Gasteiger partial charge in [0.15, 0.2) is 0 Å². The average molecular weight is 389 g/mol. The second-order valence-electron chi connectivity index (χ2n) is 6.37. The summed E-state index contributed by atoms with van der Waals surface area (Å²) in [4.78, 5) is 19.1. The van der Waals surface area contributed by atoms with Crippen LogP contribution in [0, 0.1) is 0 Å². The first kappa shape index (κ1) is 18.0. The van der Waals surface area contributed by atoms with E-state index in [0.717, 1.165) is 22.5 Å². The Morgan fingerprint density at radius 1 is 0.893 bits per heavy atom. The fraction of sp³-hybridized carbons (Fsp3) is 0.0435. The van der Waals surface area contributed by atoms with Crippen molar-refractivity contribution >= 4 is 40.7 Å². The van der Waals surface area contributed by atoms with E-state index in [2.05, 4.69) is 22.2 Å². The molecule has 0 aromatic heterocycles. The van der Waals surface area contributed by atoms with Gasteiger partial charge in [-0.25, -0.2) is 4.79 Å². The lowest BCUT2D eigenvalue weighted by Crippen LogP contribution is -2.09. The number of benzene rings is 3. The topological polar surface area (TPSA) is 41.9 Å². The van der Waals surface area contributed by atoms with Gasteiger partial charge in [0.1, 0.15) is 5.71 Å². The van der Waals surface area contributed by atoms with Crippen molar-refractivity contribution in [3.8, 4) is 0 Å². The molecule has 0 unspecified atom stereocenters. The molecule has 4 rings (SSSR count). The van der Waals surface area contributed by atoms with Crippen molar-refractivity contribution in [1.82, 2.24) is 0 Å². The lowest BCUT2D eigenvalue weighted by atomic mass is 10.0. The SMILES string of the molecule is CN(c1ccccc1)c1ccc(C=C2C(=O)ON=C2c2ccc(Cl)cc2)cc1. The van der Waals surface area contributed by atoms with Crippen molar-refractivity contribution in [2.75, 3.05) is 11.9 Å². The van der Waals surface area contributed by atoms with Crippen molar-refractivity contribution in [2.45, 2.75) is 0 Å². The van der Waals surface area contributed by atoms with E-state index in [9.17, 15) is 4.79 Å². The predicted octanol–water partition coefficient (Wildman–Crippen LogP) is 5.45. The zero-order chi connectivity index (χ0) is 19.5. The molecule has 3 aromatic rings. The van der Waals surface area contributed by atoms with Gasteiger partial charge in [-0.3, -0.25) is 0 Å². The maximum atomic E-state index is 12.2. The van der Waals surface area contributed by atoms with Gasteiger partial charge >= 0.3 is 5.97 Å². The molecule has 0 radical (unpaired) electrons. The lowest BCUT2D eigenvalue weighted by molar-refractivity contribution is -0.136. The van der Waals surface area contributed by atoms with Gasteiger partial charge in [-0.05, 0) is 48.0 Å². The molecule has 1 aliphatic rings. The van der Waals surface area contributed by atoms with Crippen LogP contribution < -0.4 is 4.90 Å². The molecule has 1 aliphatic heterocycles. The minimum Gasteiger partial charge on any atom is -0.345 e. The van der Waals surface area contributed by atoms with E-state index in [4.69, 9.17) is 16.4 Å². The summed E-state index contributed by atoms with van der Waals surface area (Å²) in [6.45, 7) is 0. The highest BCUT2D eigenvalue weighted by molar-refractivity contribution is 6.32. The van der Waals surface area contributed by atoms with Gasteiger partial charge in [0.05, 0.1) is 5.57 Å². The number of hydrogen-bond donors (Lipinski definition) is 0. The van der Waals surface area contributed by atoms with E-state index in [-0.39, 0.29) is 0 Å². The molecule has 138 valence electrons. The summed E-state index contributed by atoms with van der Waals surface area (Å²) in [7, 11) is 2.02. The summed E-state index contributed by atoms with van der Waals surface area (Å²) in [5.74, 6) is -0.463. The molecule has 0 N–H and O–H groups in total. The third-order valence-corrected chi connectivity index (χ3v) is 4.80. The van der Waals surface area contributed by atoms with Crippen LogP contribution in [0.4, 0.5) is 11.4 Å². The third-order valence-electron chi connectivity index (χ3n) is 4.55. The summed E-state index contributed by atoms with van der Waals surface area (Å²) < 4.78 is 0. The van der Waals surface area contributed by atoms with Gasteiger partial charge in [-0.15, -0.1) is 0 Å². The minimum absolute atomic E-state index is 0.423. The van der Waals surface area contributed by atoms with Crippen molar-refractivity contribution in [3.63, 3.8) is 0 Å². The number of nitrogens with zero attached hydrogens (tertiary/aromatic N) is 2. The quantitative estimate of drug-likeness (QED) is 0.440. The lowest BCUT2D eigenvalue weighted by Gasteiger charge is -2.19. The number of oxime groups is 1. The molecule has 0 atom stereocenters. The predicted molar refractivity (Wildman–Crippen MR) is 113 cm³/mol. The average Bonchev–Trinajstić information content (AvgIpc) is 3.09. The van der Waals surface area contributed by atoms with Crippen molar-refractivity contribution in [3.05, 3.63) is 101 Å². The number of rotatable bonds is 4. The molecule has 1 heterocycles. The molecule has 0 bridgehead atoms. The Morgan fingerprint density at radius 2 is 1.54 bits per heavy atom. The summed E-state index contributed by atoms with van der Waals surface area (Å²) in [5.41, 5.74) is 4.75. The molecule has 0 aliphatic carbocycles. The highest BCUT2D eigenvalue weighted by Crippen LogP contribution is 2.26. The number of carbonyl (C=O) groups is 1. The van der Waals surface area contributed by atoms with Crippen molar-refractivity contribution in [1.29, 1.82) is 0 Å². The number of halogens is 1. The van der Waals surface area contributed by atoms with Crippen LogP contribution in [-0.4, -0.2) is 18.7 Å². The standard InChI is InChI=1S/C23H17ClN2O2/c1-26(19-5-3-2-4-6-19)20-13-7-16(8-14-20)15-21-22(25-28-23(21)27)17-9-11-18(24)12-10-17/h2-15H,1H3. The van der Waals surface area contributed by atoms with Crippen LogP contribution in [0.3, 0.4) is 0 Å². The Labute approximate surface area is 168 Å². The fourth-order valence-electron chi connectivity index (χ4n) is 2.99. The summed E-state index contributed by atoms with van der Waals surface area (Å²) in [6.07, 6.45) is 1.79. The molecule has 0 saturated carbocycles. The van der Waals surface area contributed by atoms with Crippen LogP contribution in [0.2, 0.25) is 5.02 Å². The Kier molecular flexibility index (Phi) is 4.96. The van der Waals surface area contributed by atoms with Crippen molar-refractivity contribution in [2.24, 2.45) is 5.16 Å². The molecule has 28 heavy (non-hydrogen) atoms. The summed E-state index contributed by atoms with van der Waals surface area (Å²) in [5, 5.41) is 4.55. The molecule has 0 saturated heterocycles. The maximum absolute atomic E-state index is 12.2. The molecule has 0 fully saturated rings. The first-order chi connectivity index (χ1) is 13.6. The highest BCUT2D eigenvalue weighted by atomic mass is 35.5. The highest BCUT2D eigenvalue weighted by Gasteiger charge is 2.26. The van der Waals surface area contributed by atoms with E-state index >= 15 is 0 Å². The van der Waals surface area contributed by atoms with Crippen LogP contribution in [0.1, 0.15) is 11.1 Å². The zero-order valence-corrected chi connectivity index (χ0v) is 15.9. The first-order valence-electron chi connectivity index (χ1n) is 8.78. The van der Waals surface area contributed by atoms with E-state index in [1.807, 2.05) is 61.6 Å². The van der Waals surface area contributed by atoms with Crippen LogP contribution in [0.25, 0.3) is 6.08 Å². The van der Waals surface area contributed by atoms with Gasteiger partial charge in [-0.1, -0.05) is 59.2 Å². The Morgan fingerprint density at radius 3 is 2.21 bits per heavy atom. The second-order valence-corrected chi connectivity index (χ2v) is 6.81. The Bertz CT molecular complexity index is 1060. The van der Waals surface area contributed by atoms with E-state index in [1.54, 1.807) is 18.2 Å². The van der Waals surface area contributed by atoms with E-state index in [1.165, 1.54) is 0 Å². The first-order valence-corrected chi connectivity index (χ1v) is 9.16. The minimum atomic E-state index is -0.463. The number of para-hydroxylation sites is 1. The molecule has 4 nitrogen and oxygen atoms in total. The van der Waals surface area contributed by atoms with Crippen LogP contribution in [0.15, 0.2) is 89.6 Å². The zero-order valence-electron chi connectivity index (χ0n) is 15.2. The van der Waals surface area contributed by atoms with Crippen LogP contribution in [-0.2, 0) is 9.63 Å². The number of anilines is 2. The monoisotopic (exact) mass is 388 g/mol. The molecular formula is C23H17ClN2O2. The summed E-state index contributed by atoms with van der Waals surface area (Å²) >= 11 is 5.94. The molecule has 5 heteroatoms. The largest absolute Gasteiger partial charge is 0.368 e. The second kappa shape index (κ2) is 7.71. The van der Waals surface area contributed by atoms with Gasteiger partial charge in [0, 0.05) is 29.0 Å². The van der Waals surface area contributed by atoms with Crippen LogP contribution in [0.5, 0.6) is 0 Å². The maximum Gasteiger partial charge on any atom is 0.368 e. The number of carbonyl (C=O) groups excluding carboxylic acids is 1. The van der Waals surface area contributed by atoms with Gasteiger partial charge in [0.2, 0.25) is 0 Å². The van der Waals surface area contributed by atoms with Gasteiger partial charge in [-0.2, -0.15) is 0 Å². The smallest absolute Gasteiger partial charge is 0.345 e. The third kappa shape index (κ3) is 3.68. The molecule has 0 spiro atoms. The van der Waals surface area contributed by atoms with Crippen molar-refractivity contribution < 1.29 is 9.63 Å². The Balaban J connectivity index is 1.60. The van der Waals surface area contributed by atoms with E-state index in [0.29, 0.717) is 16.3 Å². The molecule has 0 amide bonds. The normalized spacial score (nSPS) is 14.7. The van der Waals surface area contributed by atoms with Gasteiger partial charge < -0.3 is 9.74 Å². The molecular weight excluding hydrogens is 372 g/mol. The molecule has 3 aromatic carbocycles. The Hall–Kier alpha value is -3.37. The fourth-order valence-corrected chi connectivity index (χ4v) is 3.11. The van der Waals surface area contributed by atoms with Crippen LogP contribution >= 0.6 is 11.6 Å². The number of hydrogen-bond acceptors (Lipinski definition) is 4. The van der Waals surface area contributed by atoms with E-state index < -0.39 is 5.97 Å².